The smallest absolute Gasteiger partial charge is 0.225 e. The molecule has 0 spiro atoms. The molecule has 4 nitrogen and oxygen atoms in total. The van der Waals surface area contributed by atoms with E-state index >= 15 is 0 Å². The summed E-state index contributed by atoms with van der Waals surface area (Å²) in [6, 6.07) is 24.8. The number of aryl methyl sites for hydroxylation is 1. The van der Waals surface area contributed by atoms with Gasteiger partial charge in [-0.1, -0.05) is 66.7 Å². The van der Waals surface area contributed by atoms with Crippen LogP contribution in [-0.4, -0.2) is 41.8 Å². The van der Waals surface area contributed by atoms with Crippen LogP contribution in [0.15, 0.2) is 72.8 Å². The Morgan fingerprint density at radius 1 is 0.871 bits per heavy atom. The lowest BCUT2D eigenvalue weighted by Gasteiger charge is -2.33. The topological polar surface area (TPSA) is 40.6 Å². The maximum absolute atomic E-state index is 13.0. The van der Waals surface area contributed by atoms with Crippen molar-refractivity contribution >= 4 is 22.6 Å². The second-order valence-corrected chi connectivity index (χ2v) is 8.52. The first-order valence-electron chi connectivity index (χ1n) is 11.1. The molecular weight excluding hydrogens is 384 g/mol. The second kappa shape index (κ2) is 9.78. The van der Waals surface area contributed by atoms with Crippen molar-refractivity contribution in [3.05, 3.63) is 83.9 Å². The largest absolute Gasteiger partial charge is 0.343 e. The van der Waals surface area contributed by atoms with Crippen molar-refractivity contribution in [2.24, 2.45) is 5.92 Å². The predicted molar refractivity (Wildman–Crippen MR) is 124 cm³/mol. The molecule has 0 atom stereocenters. The predicted octanol–water partition coefficient (Wildman–Crippen LogP) is 4.67. The van der Waals surface area contributed by atoms with Gasteiger partial charge in [0.1, 0.15) is 0 Å². The molecule has 0 bridgehead atoms. The van der Waals surface area contributed by atoms with Gasteiger partial charge >= 0.3 is 0 Å². The fourth-order valence-corrected chi connectivity index (χ4v) is 4.43. The number of benzene rings is 3. The summed E-state index contributed by atoms with van der Waals surface area (Å²) in [5, 5.41) is 2.41. The van der Waals surface area contributed by atoms with Gasteiger partial charge in [0.2, 0.25) is 11.8 Å². The molecular formula is C27H30N2O2. The highest BCUT2D eigenvalue weighted by molar-refractivity contribution is 5.83. The summed E-state index contributed by atoms with van der Waals surface area (Å²) in [5.74, 6) is 0.382. The van der Waals surface area contributed by atoms with Crippen LogP contribution in [0.2, 0.25) is 0 Å². The molecule has 31 heavy (non-hydrogen) atoms. The van der Waals surface area contributed by atoms with E-state index in [1.54, 1.807) is 0 Å². The van der Waals surface area contributed by atoms with Gasteiger partial charge in [-0.25, -0.2) is 0 Å². The number of carbonyl (C=O) groups is 2. The summed E-state index contributed by atoms with van der Waals surface area (Å²) in [6.45, 7) is 1.96. The van der Waals surface area contributed by atoms with E-state index in [0.29, 0.717) is 26.1 Å². The Morgan fingerprint density at radius 2 is 1.55 bits per heavy atom. The molecule has 0 unspecified atom stereocenters. The van der Waals surface area contributed by atoms with Crippen LogP contribution in [0.3, 0.4) is 0 Å². The van der Waals surface area contributed by atoms with Gasteiger partial charge in [-0.3, -0.25) is 9.59 Å². The monoisotopic (exact) mass is 414 g/mol. The first kappa shape index (κ1) is 21.1. The highest BCUT2D eigenvalue weighted by Gasteiger charge is 2.29. The van der Waals surface area contributed by atoms with Gasteiger partial charge in [0.25, 0.3) is 0 Å². The Labute approximate surface area is 184 Å². The van der Waals surface area contributed by atoms with Crippen LogP contribution in [0.4, 0.5) is 0 Å². The summed E-state index contributed by atoms with van der Waals surface area (Å²) in [4.78, 5) is 29.3. The Morgan fingerprint density at radius 3 is 2.29 bits per heavy atom. The minimum absolute atomic E-state index is 0.00336. The van der Waals surface area contributed by atoms with Crippen molar-refractivity contribution in [2.45, 2.75) is 32.2 Å². The number of hydrogen-bond donors (Lipinski definition) is 0. The molecule has 3 aromatic carbocycles. The average Bonchev–Trinajstić information content (AvgIpc) is 2.82. The lowest BCUT2D eigenvalue weighted by atomic mass is 9.94. The number of carbonyl (C=O) groups excluding carboxylic acids is 2. The number of piperidine rings is 1. The molecule has 4 rings (SSSR count). The van der Waals surface area contributed by atoms with E-state index < -0.39 is 0 Å². The lowest BCUT2D eigenvalue weighted by molar-refractivity contribution is -0.140. The molecule has 2 amide bonds. The minimum Gasteiger partial charge on any atom is -0.343 e. The third kappa shape index (κ3) is 5.32. The fourth-order valence-electron chi connectivity index (χ4n) is 4.43. The van der Waals surface area contributed by atoms with Gasteiger partial charge in [0, 0.05) is 39.0 Å². The van der Waals surface area contributed by atoms with Crippen LogP contribution >= 0.6 is 0 Å². The summed E-state index contributed by atoms with van der Waals surface area (Å²) < 4.78 is 0. The maximum atomic E-state index is 13.0. The van der Waals surface area contributed by atoms with Crippen molar-refractivity contribution < 1.29 is 9.59 Å². The molecule has 0 radical (unpaired) electrons. The number of amides is 2. The van der Waals surface area contributed by atoms with Gasteiger partial charge < -0.3 is 9.80 Å². The van der Waals surface area contributed by atoms with E-state index in [4.69, 9.17) is 0 Å². The van der Waals surface area contributed by atoms with Crippen LogP contribution in [0.25, 0.3) is 10.8 Å². The normalized spacial score (nSPS) is 14.5. The van der Waals surface area contributed by atoms with E-state index in [9.17, 15) is 9.59 Å². The van der Waals surface area contributed by atoms with Crippen LogP contribution in [0, 0.1) is 5.92 Å². The zero-order valence-corrected chi connectivity index (χ0v) is 18.2. The van der Waals surface area contributed by atoms with E-state index in [1.165, 1.54) is 16.3 Å². The standard InChI is InChI=1S/C27H30N2O2/c1-28(20-22-11-13-23-9-5-6-10-25(23)19-22)27(31)24-15-17-29(18-16-24)26(30)14-12-21-7-3-2-4-8-21/h2-11,13,19,24H,12,14-18,20H2,1H3. The molecule has 4 heteroatoms. The van der Waals surface area contributed by atoms with Crippen LogP contribution < -0.4 is 0 Å². The van der Waals surface area contributed by atoms with Crippen LogP contribution in [0.1, 0.15) is 30.4 Å². The molecule has 3 aromatic rings. The van der Waals surface area contributed by atoms with Crippen molar-refractivity contribution in [3.63, 3.8) is 0 Å². The highest BCUT2D eigenvalue weighted by Crippen LogP contribution is 2.22. The molecule has 0 saturated carbocycles. The van der Waals surface area contributed by atoms with Gasteiger partial charge in [0.05, 0.1) is 0 Å². The van der Waals surface area contributed by atoms with E-state index in [1.807, 2.05) is 47.2 Å². The van der Waals surface area contributed by atoms with Gasteiger partial charge in [0.15, 0.2) is 0 Å². The van der Waals surface area contributed by atoms with Crippen molar-refractivity contribution in [1.82, 2.24) is 9.80 Å². The quantitative estimate of drug-likeness (QED) is 0.588. The third-order valence-electron chi connectivity index (χ3n) is 6.28. The molecule has 1 saturated heterocycles. The Bertz CT molecular complexity index is 1040. The molecule has 0 aromatic heterocycles. The first-order valence-corrected chi connectivity index (χ1v) is 11.1. The second-order valence-electron chi connectivity index (χ2n) is 8.52. The summed E-state index contributed by atoms with van der Waals surface area (Å²) in [6.07, 6.45) is 2.80. The number of nitrogens with zero attached hydrogens (tertiary/aromatic N) is 2. The number of rotatable bonds is 6. The summed E-state index contributed by atoms with van der Waals surface area (Å²) >= 11 is 0. The summed E-state index contributed by atoms with van der Waals surface area (Å²) in [5.41, 5.74) is 2.33. The van der Waals surface area contributed by atoms with Crippen LogP contribution in [-0.2, 0) is 22.6 Å². The molecule has 0 aliphatic carbocycles. The van der Waals surface area contributed by atoms with Gasteiger partial charge in [-0.2, -0.15) is 0 Å². The first-order chi connectivity index (χ1) is 15.1. The SMILES string of the molecule is CN(Cc1ccc2ccccc2c1)C(=O)C1CCN(C(=O)CCc2ccccc2)CC1. The zero-order valence-electron chi connectivity index (χ0n) is 18.2. The Hall–Kier alpha value is -3.14. The molecule has 1 heterocycles. The lowest BCUT2D eigenvalue weighted by Crippen LogP contribution is -2.43. The number of likely N-dealkylation sites (tertiary alicyclic amines) is 1. The molecule has 0 N–H and O–H groups in total. The van der Waals surface area contributed by atoms with Crippen molar-refractivity contribution in [1.29, 1.82) is 0 Å². The Balaban J connectivity index is 1.26. The minimum atomic E-state index is 0.00336. The molecule has 1 fully saturated rings. The van der Waals surface area contributed by atoms with Crippen molar-refractivity contribution in [3.8, 4) is 0 Å². The van der Waals surface area contributed by atoms with Crippen molar-refractivity contribution in [2.75, 3.05) is 20.1 Å². The van der Waals surface area contributed by atoms with E-state index in [0.717, 1.165) is 24.8 Å². The maximum Gasteiger partial charge on any atom is 0.225 e. The molecule has 1 aliphatic heterocycles. The molecule has 1 aliphatic rings. The number of hydrogen-bond acceptors (Lipinski definition) is 2. The highest BCUT2D eigenvalue weighted by atomic mass is 16.2. The van der Waals surface area contributed by atoms with E-state index in [2.05, 4.69) is 42.5 Å². The number of fused-ring (bicyclic) bond motifs is 1. The van der Waals surface area contributed by atoms with Crippen LogP contribution in [0.5, 0.6) is 0 Å². The van der Waals surface area contributed by atoms with Gasteiger partial charge in [-0.15, -0.1) is 0 Å². The Kier molecular flexibility index (Phi) is 6.66. The van der Waals surface area contributed by atoms with E-state index in [-0.39, 0.29) is 17.7 Å². The van der Waals surface area contributed by atoms with Gasteiger partial charge in [-0.05, 0) is 47.2 Å². The zero-order chi connectivity index (χ0) is 21.6. The third-order valence-corrected chi connectivity index (χ3v) is 6.28. The average molecular weight is 415 g/mol. The molecule has 160 valence electrons. The summed E-state index contributed by atoms with van der Waals surface area (Å²) in [7, 11) is 1.88. The fraction of sp³-hybridized carbons (Fsp3) is 0.333.